The van der Waals surface area contributed by atoms with Gasteiger partial charge in [-0.15, -0.1) is 0 Å². The number of hydrogen-bond acceptors (Lipinski definition) is 8. The van der Waals surface area contributed by atoms with Crippen LogP contribution >= 0.6 is 11.8 Å². The molecule has 2 aromatic rings. The van der Waals surface area contributed by atoms with Crippen LogP contribution in [0.2, 0.25) is 0 Å². The van der Waals surface area contributed by atoms with Crippen molar-refractivity contribution in [3.05, 3.63) is 53.6 Å². The van der Waals surface area contributed by atoms with Gasteiger partial charge in [-0.2, -0.15) is 11.8 Å². The van der Waals surface area contributed by atoms with Gasteiger partial charge in [0.25, 0.3) is 21.8 Å². The first-order valence-corrected chi connectivity index (χ1v) is 12.5. The van der Waals surface area contributed by atoms with Crippen molar-refractivity contribution >= 4 is 39.4 Å². The number of hydrogen-bond donors (Lipinski definition) is 3. The molecule has 168 valence electrons. The molecule has 2 aliphatic rings. The fourth-order valence-electron chi connectivity index (χ4n) is 3.18. The summed E-state index contributed by atoms with van der Waals surface area (Å²) in [5, 5.41) is 0. The van der Waals surface area contributed by atoms with Gasteiger partial charge in [0.05, 0.1) is 4.90 Å². The van der Waals surface area contributed by atoms with Gasteiger partial charge in [-0.25, -0.2) is 8.42 Å². The van der Waals surface area contributed by atoms with Gasteiger partial charge in [0.1, 0.15) is 11.9 Å². The molecule has 0 aromatic heterocycles. The number of carbonyl (C=O) groups is 2. The van der Waals surface area contributed by atoms with E-state index in [2.05, 4.69) is 20.6 Å². The smallest absolute Gasteiger partial charge is 0.269 e. The minimum Gasteiger partial charge on any atom is -0.454 e. The Kier molecular flexibility index (Phi) is 6.24. The molecule has 0 spiro atoms. The number of sulfonamides is 1. The number of aliphatic imine (C=N–C) groups is 1. The van der Waals surface area contributed by atoms with Crippen molar-refractivity contribution in [2.75, 3.05) is 18.8 Å². The van der Waals surface area contributed by atoms with Crippen LogP contribution in [-0.2, 0) is 14.8 Å². The Morgan fingerprint density at radius 2 is 1.94 bits per heavy atom. The molecule has 32 heavy (non-hydrogen) atoms. The first-order chi connectivity index (χ1) is 15.4. The summed E-state index contributed by atoms with van der Waals surface area (Å²) >= 11 is 1.52. The van der Waals surface area contributed by atoms with Gasteiger partial charge in [0.2, 0.25) is 6.79 Å². The highest BCUT2D eigenvalue weighted by Gasteiger charge is 2.32. The molecular formula is C20H20N4O6S2. The highest BCUT2D eigenvalue weighted by Crippen LogP contribution is 2.32. The quantitative estimate of drug-likeness (QED) is 0.530. The molecule has 2 amide bonds. The maximum atomic E-state index is 12.8. The van der Waals surface area contributed by atoms with Gasteiger partial charge in [0.15, 0.2) is 11.5 Å². The van der Waals surface area contributed by atoms with Gasteiger partial charge in [-0.1, -0.05) is 12.1 Å². The van der Waals surface area contributed by atoms with Crippen molar-refractivity contribution in [3.63, 3.8) is 0 Å². The van der Waals surface area contributed by atoms with Crippen LogP contribution in [0.25, 0.3) is 0 Å². The van der Waals surface area contributed by atoms with Crippen LogP contribution in [0.15, 0.2) is 52.4 Å². The second-order valence-corrected chi connectivity index (χ2v) is 9.52. The van der Waals surface area contributed by atoms with Gasteiger partial charge >= 0.3 is 0 Å². The second kappa shape index (κ2) is 9.09. The number of amides is 2. The van der Waals surface area contributed by atoms with E-state index in [1.54, 1.807) is 30.3 Å². The van der Waals surface area contributed by atoms with E-state index in [9.17, 15) is 18.0 Å². The number of benzene rings is 2. The molecule has 0 aliphatic carbocycles. The van der Waals surface area contributed by atoms with Crippen LogP contribution in [0, 0.1) is 0 Å². The third-order valence-electron chi connectivity index (χ3n) is 4.78. The zero-order valence-electron chi connectivity index (χ0n) is 17.0. The largest absolute Gasteiger partial charge is 0.454 e. The van der Waals surface area contributed by atoms with Gasteiger partial charge in [-0.05, 0) is 48.8 Å². The van der Waals surface area contributed by atoms with Crippen molar-refractivity contribution < 1.29 is 27.5 Å². The molecule has 4 rings (SSSR count). The predicted octanol–water partition coefficient (Wildman–Crippen LogP) is 1.04. The summed E-state index contributed by atoms with van der Waals surface area (Å²) in [5.41, 5.74) is 5.41. The Morgan fingerprint density at radius 1 is 1.16 bits per heavy atom. The first-order valence-electron chi connectivity index (χ1n) is 9.58. The summed E-state index contributed by atoms with van der Waals surface area (Å²) in [4.78, 5) is 29.7. The Bertz CT molecular complexity index is 1200. The summed E-state index contributed by atoms with van der Waals surface area (Å²) in [6.07, 6.45) is 2.23. The van der Waals surface area contributed by atoms with E-state index >= 15 is 0 Å². The summed E-state index contributed by atoms with van der Waals surface area (Å²) in [6.45, 7) is 0.0848. The van der Waals surface area contributed by atoms with E-state index < -0.39 is 27.9 Å². The molecular weight excluding hydrogens is 456 g/mol. The number of rotatable bonds is 6. The number of carbonyl (C=O) groups excluding carboxylic acids is 2. The molecule has 0 fully saturated rings. The average molecular weight is 477 g/mol. The van der Waals surface area contributed by atoms with E-state index in [4.69, 9.17) is 9.47 Å². The fourth-order valence-corrected chi connectivity index (χ4v) is 4.88. The number of ether oxygens (including phenoxy) is 2. The number of nitrogens with one attached hydrogen (secondary N) is 3. The summed E-state index contributed by atoms with van der Waals surface area (Å²) in [5.74, 6) is 0.588. The van der Waals surface area contributed by atoms with E-state index in [-0.39, 0.29) is 23.1 Å². The van der Waals surface area contributed by atoms with Crippen molar-refractivity contribution in [2.45, 2.75) is 17.4 Å². The first kappa shape index (κ1) is 22.0. The number of nitrogens with zero attached hydrogens (tertiary/aromatic N) is 1. The molecule has 2 heterocycles. The molecule has 0 bridgehead atoms. The van der Waals surface area contributed by atoms with Gasteiger partial charge < -0.3 is 9.47 Å². The topological polar surface area (TPSA) is 135 Å². The lowest BCUT2D eigenvalue weighted by Gasteiger charge is -2.14. The maximum absolute atomic E-state index is 12.8. The van der Waals surface area contributed by atoms with Crippen LogP contribution in [0.4, 0.5) is 0 Å². The van der Waals surface area contributed by atoms with Gasteiger partial charge in [0, 0.05) is 11.1 Å². The number of fused-ring (bicyclic) bond motifs is 2. The molecule has 0 saturated heterocycles. The maximum Gasteiger partial charge on any atom is 0.269 e. The third kappa shape index (κ3) is 4.50. The predicted molar refractivity (Wildman–Crippen MR) is 118 cm³/mol. The summed E-state index contributed by atoms with van der Waals surface area (Å²) < 4.78 is 37.5. The summed E-state index contributed by atoms with van der Waals surface area (Å²) in [7, 11) is -3.72. The Hall–Kier alpha value is -3.25. The van der Waals surface area contributed by atoms with Crippen molar-refractivity contribution in [1.29, 1.82) is 0 Å². The normalized spacial score (nSPS) is 17.3. The van der Waals surface area contributed by atoms with Gasteiger partial charge in [-0.3, -0.25) is 30.2 Å². The van der Waals surface area contributed by atoms with E-state index in [0.717, 1.165) is 0 Å². The zero-order chi connectivity index (χ0) is 22.7. The molecule has 10 nitrogen and oxygen atoms in total. The fraction of sp³-hybridized carbons (Fsp3) is 0.250. The van der Waals surface area contributed by atoms with E-state index in [1.165, 1.54) is 23.9 Å². The third-order valence-corrected chi connectivity index (χ3v) is 6.82. The molecule has 2 aromatic carbocycles. The average Bonchev–Trinajstić information content (AvgIpc) is 3.36. The molecule has 0 unspecified atom stereocenters. The van der Waals surface area contributed by atoms with E-state index in [1.807, 2.05) is 6.26 Å². The highest BCUT2D eigenvalue weighted by atomic mass is 32.2. The van der Waals surface area contributed by atoms with Crippen molar-refractivity contribution in [2.24, 2.45) is 4.99 Å². The molecule has 1 atom stereocenters. The minimum absolute atomic E-state index is 0.0848. The Labute approximate surface area is 188 Å². The highest BCUT2D eigenvalue weighted by molar-refractivity contribution is 7.98. The van der Waals surface area contributed by atoms with Crippen LogP contribution in [0.5, 0.6) is 11.5 Å². The lowest BCUT2D eigenvalue weighted by Crippen LogP contribution is -2.46. The summed E-state index contributed by atoms with van der Waals surface area (Å²) in [6, 6.07) is 10.2. The van der Waals surface area contributed by atoms with Crippen LogP contribution in [0.3, 0.4) is 0 Å². The molecule has 0 saturated carbocycles. The standard InChI is InChI=1S/C20H20N4O6S2/c1-31-9-8-14(21-18-13-4-2-3-5-17(13)32(27,28)24-18)20(26)23-22-19(25)12-6-7-15-16(10-12)30-11-29-15/h2-7,10,14H,8-9,11H2,1H3,(H,21,24)(H,22,25)(H,23,26)/t14-/m1/s1. The Balaban J connectivity index is 1.48. The number of thioether (sulfide) groups is 1. The Morgan fingerprint density at radius 3 is 2.75 bits per heavy atom. The zero-order valence-corrected chi connectivity index (χ0v) is 18.6. The molecule has 3 N–H and O–H groups in total. The van der Waals surface area contributed by atoms with Crippen molar-refractivity contribution in [3.8, 4) is 11.5 Å². The lowest BCUT2D eigenvalue weighted by atomic mass is 10.2. The van der Waals surface area contributed by atoms with Crippen LogP contribution < -0.4 is 25.0 Å². The monoisotopic (exact) mass is 476 g/mol. The molecule has 12 heteroatoms. The molecule has 0 radical (unpaired) electrons. The van der Waals surface area contributed by atoms with Crippen LogP contribution in [0.1, 0.15) is 22.3 Å². The van der Waals surface area contributed by atoms with Crippen LogP contribution in [-0.4, -0.2) is 50.9 Å². The molecule has 2 aliphatic heterocycles. The lowest BCUT2D eigenvalue weighted by molar-refractivity contribution is -0.123. The number of amidine groups is 1. The van der Waals surface area contributed by atoms with Crippen molar-refractivity contribution in [1.82, 2.24) is 15.6 Å². The second-order valence-electron chi connectivity index (χ2n) is 6.89. The number of hydrazine groups is 1. The minimum atomic E-state index is -3.72. The van der Waals surface area contributed by atoms with E-state index in [0.29, 0.717) is 29.2 Å². The SMILES string of the molecule is CSCC[C@@H](N=C1NS(=O)(=O)c2ccccc21)C(=O)NNC(=O)c1ccc2c(c1)OCO2.